The lowest BCUT2D eigenvalue weighted by Gasteiger charge is -2.05. The molecule has 0 spiro atoms. The normalized spacial score (nSPS) is 12.1. The Bertz CT molecular complexity index is 541. The van der Waals surface area contributed by atoms with Crippen molar-refractivity contribution in [2.45, 2.75) is 19.0 Å². The highest BCUT2D eigenvalue weighted by atomic mass is 16.3. The lowest BCUT2D eigenvalue weighted by Crippen LogP contribution is -2.40. The molecule has 0 aliphatic heterocycles. The third-order valence-corrected chi connectivity index (χ3v) is 2.69. The SMILES string of the molecule is C=C(O)[C@@H](N)CC[n+]1ccc(-c2ncccn2)cn1. The summed E-state index contributed by atoms with van der Waals surface area (Å²) in [4.78, 5) is 8.30. The van der Waals surface area contributed by atoms with Crippen LogP contribution in [0.4, 0.5) is 0 Å². The zero-order valence-corrected chi connectivity index (χ0v) is 10.5. The first-order valence-electron chi connectivity index (χ1n) is 5.93. The van der Waals surface area contributed by atoms with Gasteiger partial charge in [-0.1, -0.05) is 11.3 Å². The summed E-state index contributed by atoms with van der Waals surface area (Å²) in [5.74, 6) is 0.637. The number of nitrogens with two attached hydrogens (primary N) is 1. The van der Waals surface area contributed by atoms with E-state index < -0.39 is 6.04 Å². The van der Waals surface area contributed by atoms with Gasteiger partial charge in [0, 0.05) is 30.4 Å². The van der Waals surface area contributed by atoms with E-state index in [-0.39, 0.29) is 5.76 Å². The number of aromatic nitrogens is 4. The summed E-state index contributed by atoms with van der Waals surface area (Å²) >= 11 is 0. The van der Waals surface area contributed by atoms with E-state index in [4.69, 9.17) is 10.8 Å². The smallest absolute Gasteiger partial charge is 0.197 e. The molecule has 0 aromatic carbocycles. The van der Waals surface area contributed by atoms with E-state index in [1.54, 1.807) is 29.3 Å². The van der Waals surface area contributed by atoms with E-state index in [1.165, 1.54) is 0 Å². The number of hydrogen-bond acceptors (Lipinski definition) is 5. The minimum absolute atomic E-state index is 0.00472. The van der Waals surface area contributed by atoms with Crippen LogP contribution in [-0.4, -0.2) is 26.2 Å². The molecule has 19 heavy (non-hydrogen) atoms. The fraction of sp³-hybridized carbons (Fsp3) is 0.231. The summed E-state index contributed by atoms with van der Waals surface area (Å²) in [6, 6.07) is 3.23. The Hall–Kier alpha value is -2.34. The van der Waals surface area contributed by atoms with Gasteiger partial charge in [-0.25, -0.2) is 9.97 Å². The standard InChI is InChI=1S/C13H15N5O/c1-10(19)12(14)4-8-18-7-3-11(9-17-18)13-15-5-2-6-16-13/h2-3,5-7,9,12H,1,4,8,14H2/p+1/t12-/m0/s1. The Morgan fingerprint density at radius 3 is 2.74 bits per heavy atom. The minimum atomic E-state index is -0.425. The van der Waals surface area contributed by atoms with Crippen molar-refractivity contribution in [3.8, 4) is 11.4 Å². The molecule has 2 aromatic rings. The average molecular weight is 258 g/mol. The fourth-order valence-electron chi connectivity index (χ4n) is 1.53. The second-order valence-corrected chi connectivity index (χ2v) is 4.14. The molecular weight excluding hydrogens is 242 g/mol. The summed E-state index contributed by atoms with van der Waals surface area (Å²) < 4.78 is 1.75. The van der Waals surface area contributed by atoms with Crippen molar-refractivity contribution in [1.29, 1.82) is 0 Å². The Labute approximate surface area is 111 Å². The second kappa shape index (κ2) is 6.01. The largest absolute Gasteiger partial charge is 0.511 e. The molecule has 0 fully saturated rings. The lowest BCUT2D eigenvalue weighted by atomic mass is 10.2. The van der Waals surface area contributed by atoms with Crippen LogP contribution in [0.1, 0.15) is 6.42 Å². The van der Waals surface area contributed by atoms with E-state index in [1.807, 2.05) is 12.3 Å². The summed E-state index contributed by atoms with van der Waals surface area (Å²) in [5.41, 5.74) is 6.53. The minimum Gasteiger partial charge on any atom is -0.511 e. The first-order valence-corrected chi connectivity index (χ1v) is 5.93. The molecule has 3 N–H and O–H groups in total. The molecule has 6 heteroatoms. The molecular formula is C13H16N5O+. The van der Waals surface area contributed by atoms with Crippen LogP contribution < -0.4 is 10.4 Å². The van der Waals surface area contributed by atoms with Gasteiger partial charge in [0.15, 0.2) is 18.6 Å². The van der Waals surface area contributed by atoms with Crippen LogP contribution in [-0.2, 0) is 6.54 Å². The third kappa shape index (κ3) is 3.56. The molecule has 98 valence electrons. The van der Waals surface area contributed by atoms with Crippen molar-refractivity contribution in [3.05, 3.63) is 49.3 Å². The van der Waals surface area contributed by atoms with E-state index in [9.17, 15) is 0 Å². The molecule has 0 bridgehead atoms. The van der Waals surface area contributed by atoms with Crippen LogP contribution in [0.15, 0.2) is 49.3 Å². The van der Waals surface area contributed by atoms with Crippen LogP contribution in [0.5, 0.6) is 0 Å². The van der Waals surface area contributed by atoms with Gasteiger partial charge < -0.3 is 10.8 Å². The molecule has 2 heterocycles. The number of nitrogens with zero attached hydrogens (tertiary/aromatic N) is 4. The highest BCUT2D eigenvalue weighted by Gasteiger charge is 2.11. The van der Waals surface area contributed by atoms with Crippen LogP contribution in [0.2, 0.25) is 0 Å². The number of hydrogen-bond donors (Lipinski definition) is 2. The van der Waals surface area contributed by atoms with Gasteiger partial charge in [0.1, 0.15) is 12.0 Å². The van der Waals surface area contributed by atoms with Gasteiger partial charge in [-0.15, -0.1) is 0 Å². The second-order valence-electron chi connectivity index (χ2n) is 4.14. The summed E-state index contributed by atoms with van der Waals surface area (Å²) in [6.07, 6.45) is 7.49. The Balaban J connectivity index is 2.01. The topological polar surface area (TPSA) is 88.8 Å². The third-order valence-electron chi connectivity index (χ3n) is 2.69. The quantitative estimate of drug-likeness (QED) is 0.606. The van der Waals surface area contributed by atoms with Crippen LogP contribution >= 0.6 is 0 Å². The maximum Gasteiger partial charge on any atom is 0.197 e. The number of aliphatic hydroxyl groups is 1. The first kappa shape index (κ1) is 13.1. The number of aryl methyl sites for hydroxylation is 1. The molecule has 2 aromatic heterocycles. The molecule has 0 radical (unpaired) electrons. The predicted octanol–water partition coefficient (Wildman–Crippen LogP) is 0.615. The van der Waals surface area contributed by atoms with Crippen LogP contribution in [0.3, 0.4) is 0 Å². The number of aliphatic hydroxyl groups excluding tert-OH is 1. The number of rotatable bonds is 5. The Kier molecular flexibility index (Phi) is 4.15. The van der Waals surface area contributed by atoms with Crippen LogP contribution in [0.25, 0.3) is 11.4 Å². The maximum absolute atomic E-state index is 9.13. The molecule has 1 atom stereocenters. The molecule has 6 nitrogen and oxygen atoms in total. The van der Waals surface area contributed by atoms with E-state index in [0.29, 0.717) is 18.8 Å². The fourth-order valence-corrected chi connectivity index (χ4v) is 1.53. The molecule has 0 saturated heterocycles. The summed E-state index contributed by atoms with van der Waals surface area (Å²) in [7, 11) is 0. The van der Waals surface area contributed by atoms with Gasteiger partial charge in [0.2, 0.25) is 0 Å². The summed E-state index contributed by atoms with van der Waals surface area (Å²) in [5, 5.41) is 13.4. The highest BCUT2D eigenvalue weighted by Crippen LogP contribution is 2.09. The van der Waals surface area contributed by atoms with Crippen molar-refractivity contribution >= 4 is 0 Å². The van der Waals surface area contributed by atoms with Crippen molar-refractivity contribution in [1.82, 2.24) is 15.1 Å². The average Bonchev–Trinajstić information content (AvgIpc) is 2.46. The van der Waals surface area contributed by atoms with Crippen LogP contribution in [0, 0.1) is 0 Å². The van der Waals surface area contributed by atoms with Gasteiger partial charge in [-0.3, -0.25) is 0 Å². The van der Waals surface area contributed by atoms with E-state index in [2.05, 4.69) is 21.6 Å². The Morgan fingerprint density at radius 2 is 2.16 bits per heavy atom. The Morgan fingerprint density at radius 1 is 1.42 bits per heavy atom. The van der Waals surface area contributed by atoms with Gasteiger partial charge in [-0.05, 0) is 11.2 Å². The van der Waals surface area contributed by atoms with Gasteiger partial charge in [-0.2, -0.15) is 0 Å². The van der Waals surface area contributed by atoms with Gasteiger partial charge in [0.25, 0.3) is 0 Å². The molecule has 0 unspecified atom stereocenters. The van der Waals surface area contributed by atoms with Crippen molar-refractivity contribution in [3.63, 3.8) is 0 Å². The van der Waals surface area contributed by atoms with E-state index >= 15 is 0 Å². The predicted molar refractivity (Wildman–Crippen MR) is 69.8 cm³/mol. The molecule has 0 aliphatic rings. The van der Waals surface area contributed by atoms with Crippen molar-refractivity contribution in [2.75, 3.05) is 0 Å². The molecule has 0 saturated carbocycles. The monoisotopic (exact) mass is 258 g/mol. The highest BCUT2D eigenvalue weighted by molar-refractivity contribution is 5.51. The van der Waals surface area contributed by atoms with Crippen molar-refractivity contribution in [2.24, 2.45) is 5.73 Å². The molecule has 2 rings (SSSR count). The molecule has 0 aliphatic carbocycles. The van der Waals surface area contributed by atoms with E-state index in [0.717, 1.165) is 5.56 Å². The first-order chi connectivity index (χ1) is 9.16. The lowest BCUT2D eigenvalue weighted by molar-refractivity contribution is -0.754. The zero-order chi connectivity index (χ0) is 13.7. The van der Waals surface area contributed by atoms with Gasteiger partial charge in [0.05, 0.1) is 6.04 Å². The maximum atomic E-state index is 9.13. The van der Waals surface area contributed by atoms with Gasteiger partial charge >= 0.3 is 0 Å². The van der Waals surface area contributed by atoms with Crippen molar-refractivity contribution < 1.29 is 9.79 Å². The molecule has 0 amide bonds. The zero-order valence-electron chi connectivity index (χ0n) is 10.5. The summed E-state index contributed by atoms with van der Waals surface area (Å²) in [6.45, 7) is 4.01.